The van der Waals surface area contributed by atoms with Crippen LogP contribution >= 0.6 is 0 Å². The molecule has 2 aromatic rings. The molecule has 4 rings (SSSR count). The summed E-state index contributed by atoms with van der Waals surface area (Å²) in [5.41, 5.74) is 1.94. The van der Waals surface area contributed by atoms with E-state index < -0.39 is 17.8 Å². The molecule has 0 spiro atoms. The standard InChI is InChI=1S/C22H21NO3/c24-21(18-16-11-12-17(13-16)19(18)22(25)26)23-20(14-7-3-1-4-8-14)15-9-5-2-6-10-15/h1-12,16-20H,13H2,(H,23,24)(H,25,26)/p-1/t16-,17-,18-,19-/m0/s1. The molecule has 2 bridgehead atoms. The SMILES string of the molecule is O=C([O-])[C@@H]1[C@@H](C(=O)NC(c2ccccc2)c2ccccc2)[C@H]2C=C[C@H]1C2. The summed E-state index contributed by atoms with van der Waals surface area (Å²) in [7, 11) is 0. The van der Waals surface area contributed by atoms with Crippen LogP contribution in [0.5, 0.6) is 0 Å². The molecule has 4 atom stereocenters. The fraction of sp³-hybridized carbons (Fsp3) is 0.273. The van der Waals surface area contributed by atoms with Crippen molar-refractivity contribution in [3.8, 4) is 0 Å². The smallest absolute Gasteiger partial charge is 0.225 e. The van der Waals surface area contributed by atoms with Crippen molar-refractivity contribution in [2.45, 2.75) is 12.5 Å². The van der Waals surface area contributed by atoms with Gasteiger partial charge in [0, 0.05) is 11.9 Å². The van der Waals surface area contributed by atoms with Crippen molar-refractivity contribution in [1.29, 1.82) is 0 Å². The predicted molar refractivity (Wildman–Crippen MR) is 95.6 cm³/mol. The van der Waals surface area contributed by atoms with Crippen LogP contribution in [0.25, 0.3) is 0 Å². The van der Waals surface area contributed by atoms with E-state index in [-0.39, 0.29) is 23.8 Å². The number of amides is 1. The Labute approximate surface area is 152 Å². The first-order valence-corrected chi connectivity index (χ1v) is 8.94. The van der Waals surface area contributed by atoms with Gasteiger partial charge in [0.25, 0.3) is 0 Å². The van der Waals surface area contributed by atoms with Crippen molar-refractivity contribution >= 4 is 11.9 Å². The van der Waals surface area contributed by atoms with Crippen molar-refractivity contribution in [3.05, 3.63) is 83.9 Å². The largest absolute Gasteiger partial charge is 0.550 e. The normalized spacial score (nSPS) is 26.2. The van der Waals surface area contributed by atoms with Crippen LogP contribution in [0.15, 0.2) is 72.8 Å². The number of carboxylic acids is 1. The van der Waals surface area contributed by atoms with E-state index in [0.29, 0.717) is 0 Å². The minimum Gasteiger partial charge on any atom is -0.550 e. The van der Waals surface area contributed by atoms with E-state index in [1.165, 1.54) is 0 Å². The topological polar surface area (TPSA) is 69.2 Å². The second-order valence-electron chi connectivity index (χ2n) is 7.08. The van der Waals surface area contributed by atoms with Gasteiger partial charge in [-0.25, -0.2) is 0 Å². The van der Waals surface area contributed by atoms with Crippen molar-refractivity contribution < 1.29 is 14.7 Å². The molecule has 4 nitrogen and oxygen atoms in total. The summed E-state index contributed by atoms with van der Waals surface area (Å²) >= 11 is 0. The number of benzene rings is 2. The van der Waals surface area contributed by atoms with Crippen molar-refractivity contribution in [2.24, 2.45) is 23.7 Å². The minimum atomic E-state index is -1.13. The van der Waals surface area contributed by atoms with Crippen LogP contribution in [0.2, 0.25) is 0 Å². The van der Waals surface area contributed by atoms with Gasteiger partial charge in [-0.05, 0) is 29.4 Å². The Kier molecular flexibility index (Phi) is 4.33. The van der Waals surface area contributed by atoms with E-state index in [0.717, 1.165) is 17.5 Å². The Bertz CT molecular complexity index is 791. The Hall–Kier alpha value is -2.88. The molecule has 0 aromatic heterocycles. The molecule has 1 amide bonds. The van der Waals surface area contributed by atoms with Crippen LogP contribution < -0.4 is 10.4 Å². The van der Waals surface area contributed by atoms with Crippen LogP contribution in [0.4, 0.5) is 0 Å². The molecule has 26 heavy (non-hydrogen) atoms. The fourth-order valence-electron chi connectivity index (χ4n) is 4.39. The molecule has 2 aromatic carbocycles. The molecule has 0 heterocycles. The molecule has 4 heteroatoms. The fourth-order valence-corrected chi connectivity index (χ4v) is 4.39. The summed E-state index contributed by atoms with van der Waals surface area (Å²) in [6.07, 6.45) is 4.62. The van der Waals surface area contributed by atoms with Crippen molar-refractivity contribution in [3.63, 3.8) is 0 Å². The monoisotopic (exact) mass is 346 g/mol. The Balaban J connectivity index is 1.63. The van der Waals surface area contributed by atoms with Crippen LogP contribution in [0.3, 0.4) is 0 Å². The zero-order valence-electron chi connectivity index (χ0n) is 14.2. The second kappa shape index (κ2) is 6.79. The lowest BCUT2D eigenvalue weighted by Crippen LogP contribution is -2.45. The average Bonchev–Trinajstić information content (AvgIpc) is 3.29. The van der Waals surface area contributed by atoms with Gasteiger partial charge in [0.15, 0.2) is 0 Å². The maximum absolute atomic E-state index is 13.1. The van der Waals surface area contributed by atoms with E-state index >= 15 is 0 Å². The molecular weight excluding hydrogens is 326 g/mol. The van der Waals surface area contributed by atoms with E-state index in [1.807, 2.05) is 72.8 Å². The molecule has 2 aliphatic carbocycles. The second-order valence-corrected chi connectivity index (χ2v) is 7.08. The number of nitrogens with one attached hydrogen (secondary N) is 1. The highest BCUT2D eigenvalue weighted by Crippen LogP contribution is 2.48. The molecule has 0 aliphatic heterocycles. The van der Waals surface area contributed by atoms with Gasteiger partial charge < -0.3 is 15.2 Å². The maximum Gasteiger partial charge on any atom is 0.225 e. The van der Waals surface area contributed by atoms with Crippen LogP contribution in [0, 0.1) is 23.7 Å². The maximum atomic E-state index is 13.1. The third-order valence-corrected chi connectivity index (χ3v) is 5.59. The molecule has 2 aliphatic rings. The number of allylic oxidation sites excluding steroid dienone is 2. The molecule has 1 saturated carbocycles. The molecule has 1 N–H and O–H groups in total. The lowest BCUT2D eigenvalue weighted by Gasteiger charge is -2.30. The van der Waals surface area contributed by atoms with Crippen molar-refractivity contribution in [2.75, 3.05) is 0 Å². The summed E-state index contributed by atoms with van der Waals surface area (Å²) in [4.78, 5) is 24.7. The molecule has 0 unspecified atom stereocenters. The summed E-state index contributed by atoms with van der Waals surface area (Å²) < 4.78 is 0. The summed E-state index contributed by atoms with van der Waals surface area (Å²) in [6, 6.07) is 19.1. The molecular formula is C22H20NO3-. The number of aliphatic carboxylic acids is 1. The van der Waals surface area contributed by atoms with Gasteiger partial charge in [-0.3, -0.25) is 4.79 Å². The van der Waals surface area contributed by atoms with Crippen LogP contribution in [-0.2, 0) is 9.59 Å². The van der Waals surface area contributed by atoms with Gasteiger partial charge in [0.1, 0.15) is 0 Å². The minimum absolute atomic E-state index is 0.0184. The Morgan fingerprint density at radius 3 is 1.85 bits per heavy atom. The average molecular weight is 346 g/mol. The first-order chi connectivity index (χ1) is 12.6. The highest BCUT2D eigenvalue weighted by Gasteiger charge is 2.49. The molecule has 0 saturated heterocycles. The first-order valence-electron chi connectivity index (χ1n) is 8.94. The number of carboxylic acid groups (broad SMARTS) is 1. The Morgan fingerprint density at radius 1 is 0.846 bits per heavy atom. The molecule has 0 radical (unpaired) electrons. The van der Waals surface area contributed by atoms with Gasteiger partial charge in [-0.1, -0.05) is 72.8 Å². The molecule has 132 valence electrons. The van der Waals surface area contributed by atoms with Crippen molar-refractivity contribution in [1.82, 2.24) is 5.32 Å². The number of carbonyl (C=O) groups excluding carboxylic acids is 2. The zero-order chi connectivity index (χ0) is 18.1. The highest BCUT2D eigenvalue weighted by molar-refractivity contribution is 5.86. The van der Waals surface area contributed by atoms with Gasteiger partial charge in [0.05, 0.1) is 12.0 Å². The number of rotatable bonds is 5. The first kappa shape index (κ1) is 16.6. The summed E-state index contributed by atoms with van der Waals surface area (Å²) in [5.74, 6) is -2.75. The zero-order valence-corrected chi connectivity index (χ0v) is 14.2. The lowest BCUT2D eigenvalue weighted by molar-refractivity contribution is -0.313. The van der Waals surface area contributed by atoms with Gasteiger partial charge in [-0.15, -0.1) is 0 Å². The summed E-state index contributed by atoms with van der Waals surface area (Å²) in [5, 5.41) is 14.7. The van der Waals surface area contributed by atoms with E-state index in [4.69, 9.17) is 0 Å². The number of hydrogen-bond donors (Lipinski definition) is 1. The van der Waals surface area contributed by atoms with Gasteiger partial charge >= 0.3 is 0 Å². The van der Waals surface area contributed by atoms with E-state index in [2.05, 4.69) is 5.32 Å². The Morgan fingerprint density at radius 2 is 1.35 bits per heavy atom. The number of fused-ring (bicyclic) bond motifs is 2. The third-order valence-electron chi connectivity index (χ3n) is 5.59. The van der Waals surface area contributed by atoms with Crippen LogP contribution in [0.1, 0.15) is 23.6 Å². The van der Waals surface area contributed by atoms with Crippen LogP contribution in [-0.4, -0.2) is 11.9 Å². The number of carbonyl (C=O) groups is 2. The quantitative estimate of drug-likeness (QED) is 0.843. The van der Waals surface area contributed by atoms with E-state index in [1.54, 1.807) is 0 Å². The predicted octanol–water partition coefficient (Wildman–Crippen LogP) is 2.08. The lowest BCUT2D eigenvalue weighted by atomic mass is 9.82. The third kappa shape index (κ3) is 2.92. The van der Waals surface area contributed by atoms with E-state index in [9.17, 15) is 14.7 Å². The molecule has 1 fully saturated rings. The van der Waals surface area contributed by atoms with Gasteiger partial charge in [0.2, 0.25) is 5.91 Å². The number of hydrogen-bond acceptors (Lipinski definition) is 3. The summed E-state index contributed by atoms with van der Waals surface area (Å²) in [6.45, 7) is 0. The van der Waals surface area contributed by atoms with Gasteiger partial charge in [-0.2, -0.15) is 0 Å². The highest BCUT2D eigenvalue weighted by atomic mass is 16.4.